The lowest BCUT2D eigenvalue weighted by Crippen LogP contribution is -2.52. The van der Waals surface area contributed by atoms with Crippen molar-refractivity contribution in [3.8, 4) is 0 Å². The first-order valence-corrected chi connectivity index (χ1v) is 8.49. The first-order valence-electron chi connectivity index (χ1n) is 8.49. The molecule has 1 aliphatic rings. The van der Waals surface area contributed by atoms with Crippen LogP contribution in [0.5, 0.6) is 0 Å². The first kappa shape index (κ1) is 17.1. The van der Waals surface area contributed by atoms with Gasteiger partial charge in [0.2, 0.25) is 5.91 Å². The summed E-state index contributed by atoms with van der Waals surface area (Å²) >= 11 is 0. The maximum Gasteiger partial charge on any atom is 0.255 e. The molecule has 1 heterocycles. The summed E-state index contributed by atoms with van der Waals surface area (Å²) in [5.74, 6) is -0.381. The number of hydrogen-bond acceptors (Lipinski definition) is 4. The van der Waals surface area contributed by atoms with Crippen LogP contribution in [0.1, 0.15) is 42.5 Å². The maximum atomic E-state index is 12.4. The molecule has 0 aliphatic heterocycles. The number of carbonyl (C=O) groups excluding carboxylic acids is 2. The van der Waals surface area contributed by atoms with Crippen molar-refractivity contribution in [3.05, 3.63) is 54.4 Å². The molecule has 6 heteroatoms. The second-order valence-corrected chi connectivity index (χ2v) is 6.44. The number of anilines is 2. The van der Waals surface area contributed by atoms with Gasteiger partial charge < -0.3 is 16.4 Å². The summed E-state index contributed by atoms with van der Waals surface area (Å²) < 4.78 is 0. The standard InChI is InChI=1S/C19H22N4O2/c20-19(10-2-1-3-11-19)18(25)23-15-8-6-14(7-9-15)17(24)22-16-5-4-12-21-13-16/h4-9,12-13H,1-3,10-11,20H2,(H,22,24)(H,23,25). The van der Waals surface area contributed by atoms with Crippen molar-refractivity contribution in [2.24, 2.45) is 5.73 Å². The number of nitrogens with two attached hydrogens (primary N) is 1. The number of hydrogen-bond donors (Lipinski definition) is 3. The van der Waals surface area contributed by atoms with Gasteiger partial charge >= 0.3 is 0 Å². The number of carbonyl (C=O) groups is 2. The number of amides is 2. The van der Waals surface area contributed by atoms with Gasteiger partial charge in [-0.25, -0.2) is 0 Å². The van der Waals surface area contributed by atoms with E-state index in [1.165, 1.54) is 0 Å². The highest BCUT2D eigenvalue weighted by molar-refractivity contribution is 6.04. The van der Waals surface area contributed by atoms with Crippen LogP contribution in [0, 0.1) is 0 Å². The highest BCUT2D eigenvalue weighted by atomic mass is 16.2. The summed E-state index contributed by atoms with van der Waals surface area (Å²) in [7, 11) is 0. The van der Waals surface area contributed by atoms with Gasteiger partial charge in [0.05, 0.1) is 17.4 Å². The zero-order valence-electron chi connectivity index (χ0n) is 14.0. The summed E-state index contributed by atoms with van der Waals surface area (Å²) in [6.45, 7) is 0. The summed E-state index contributed by atoms with van der Waals surface area (Å²) in [5.41, 5.74) is 7.22. The van der Waals surface area contributed by atoms with E-state index in [2.05, 4.69) is 15.6 Å². The number of benzene rings is 1. The van der Waals surface area contributed by atoms with Gasteiger partial charge in [-0.15, -0.1) is 0 Å². The Morgan fingerprint density at radius 2 is 1.68 bits per heavy atom. The lowest BCUT2D eigenvalue weighted by atomic mass is 9.82. The number of rotatable bonds is 4. The predicted molar refractivity (Wildman–Crippen MR) is 97.3 cm³/mol. The molecule has 6 nitrogen and oxygen atoms in total. The minimum Gasteiger partial charge on any atom is -0.324 e. The lowest BCUT2D eigenvalue weighted by molar-refractivity contribution is -0.122. The SMILES string of the molecule is NC1(C(=O)Nc2ccc(C(=O)Nc3cccnc3)cc2)CCCCC1. The van der Waals surface area contributed by atoms with Crippen LogP contribution in [0.4, 0.5) is 11.4 Å². The fourth-order valence-corrected chi connectivity index (χ4v) is 3.01. The van der Waals surface area contributed by atoms with Gasteiger partial charge in [0, 0.05) is 17.4 Å². The smallest absolute Gasteiger partial charge is 0.255 e. The molecule has 0 radical (unpaired) electrons. The number of aromatic nitrogens is 1. The Bertz CT molecular complexity index is 738. The van der Waals surface area contributed by atoms with Crippen LogP contribution < -0.4 is 16.4 Å². The molecule has 130 valence electrons. The molecule has 3 rings (SSSR count). The molecule has 0 unspecified atom stereocenters. The fourth-order valence-electron chi connectivity index (χ4n) is 3.01. The van der Waals surface area contributed by atoms with Crippen molar-refractivity contribution in [1.82, 2.24) is 4.98 Å². The summed E-state index contributed by atoms with van der Waals surface area (Å²) in [6, 6.07) is 10.3. The Hall–Kier alpha value is -2.73. The van der Waals surface area contributed by atoms with Gasteiger partial charge in [-0.1, -0.05) is 19.3 Å². The van der Waals surface area contributed by atoms with Crippen molar-refractivity contribution in [2.75, 3.05) is 10.6 Å². The zero-order chi connectivity index (χ0) is 17.7. The molecule has 0 saturated heterocycles. The highest BCUT2D eigenvalue weighted by Gasteiger charge is 2.35. The summed E-state index contributed by atoms with van der Waals surface area (Å²) in [5, 5.41) is 5.63. The van der Waals surface area contributed by atoms with Crippen LogP contribution in [0.2, 0.25) is 0 Å². The van der Waals surface area contributed by atoms with E-state index in [1.807, 2.05) is 0 Å². The van der Waals surface area contributed by atoms with Crippen molar-refractivity contribution >= 4 is 23.2 Å². The molecule has 1 fully saturated rings. The van der Waals surface area contributed by atoms with Gasteiger partial charge in [-0.2, -0.15) is 0 Å². The van der Waals surface area contributed by atoms with Crippen molar-refractivity contribution < 1.29 is 9.59 Å². The quantitative estimate of drug-likeness (QED) is 0.798. The van der Waals surface area contributed by atoms with E-state index in [-0.39, 0.29) is 11.8 Å². The van der Waals surface area contributed by atoms with Gasteiger partial charge in [-0.05, 0) is 49.2 Å². The van der Waals surface area contributed by atoms with Crippen molar-refractivity contribution in [1.29, 1.82) is 0 Å². The van der Waals surface area contributed by atoms with E-state index in [0.717, 1.165) is 19.3 Å². The average Bonchev–Trinajstić information content (AvgIpc) is 2.64. The Morgan fingerprint density at radius 3 is 2.32 bits per heavy atom. The van der Waals surface area contributed by atoms with Crippen molar-refractivity contribution in [3.63, 3.8) is 0 Å². The van der Waals surface area contributed by atoms with E-state index in [4.69, 9.17) is 5.73 Å². The van der Waals surface area contributed by atoms with Crippen molar-refractivity contribution in [2.45, 2.75) is 37.6 Å². The fraction of sp³-hybridized carbons (Fsp3) is 0.316. The Morgan fingerprint density at radius 1 is 0.960 bits per heavy atom. The second-order valence-electron chi connectivity index (χ2n) is 6.44. The molecule has 0 spiro atoms. The van der Waals surface area contributed by atoms with Gasteiger partial charge in [0.15, 0.2) is 0 Å². The molecular weight excluding hydrogens is 316 g/mol. The maximum absolute atomic E-state index is 12.4. The molecule has 0 bridgehead atoms. The third kappa shape index (κ3) is 4.22. The highest BCUT2D eigenvalue weighted by Crippen LogP contribution is 2.27. The van der Waals surface area contributed by atoms with Gasteiger partial charge in [-0.3, -0.25) is 14.6 Å². The molecular formula is C19H22N4O2. The van der Waals surface area contributed by atoms with E-state index in [9.17, 15) is 9.59 Å². The second kappa shape index (κ2) is 7.44. The third-order valence-electron chi connectivity index (χ3n) is 4.52. The molecule has 1 aliphatic carbocycles. The van der Waals surface area contributed by atoms with Gasteiger partial charge in [0.1, 0.15) is 0 Å². The monoisotopic (exact) mass is 338 g/mol. The Labute approximate surface area is 146 Å². The molecule has 2 aromatic rings. The van der Waals surface area contributed by atoms with E-state index in [0.29, 0.717) is 29.8 Å². The minimum absolute atomic E-state index is 0.153. The average molecular weight is 338 g/mol. The predicted octanol–water partition coefficient (Wildman–Crippen LogP) is 2.93. The number of pyridine rings is 1. The summed E-state index contributed by atoms with van der Waals surface area (Å²) in [6.07, 6.45) is 7.75. The number of nitrogens with one attached hydrogen (secondary N) is 2. The van der Waals surface area contributed by atoms with E-state index >= 15 is 0 Å². The van der Waals surface area contributed by atoms with E-state index in [1.54, 1.807) is 48.8 Å². The Balaban J connectivity index is 1.62. The first-order chi connectivity index (χ1) is 12.1. The largest absolute Gasteiger partial charge is 0.324 e. The molecule has 25 heavy (non-hydrogen) atoms. The molecule has 1 aromatic heterocycles. The molecule has 1 saturated carbocycles. The van der Waals surface area contributed by atoms with Crippen LogP contribution >= 0.6 is 0 Å². The minimum atomic E-state index is -0.783. The topological polar surface area (TPSA) is 97.1 Å². The molecule has 2 amide bonds. The molecule has 1 aromatic carbocycles. The number of nitrogens with zero attached hydrogens (tertiary/aromatic N) is 1. The normalized spacial score (nSPS) is 16.0. The van der Waals surface area contributed by atoms with Crippen LogP contribution in [-0.2, 0) is 4.79 Å². The Kier molecular flexibility index (Phi) is 5.09. The van der Waals surface area contributed by atoms with Gasteiger partial charge in [0.25, 0.3) is 5.91 Å². The van der Waals surface area contributed by atoms with Crippen LogP contribution in [0.25, 0.3) is 0 Å². The zero-order valence-corrected chi connectivity index (χ0v) is 14.0. The lowest BCUT2D eigenvalue weighted by Gasteiger charge is -2.31. The molecule has 4 N–H and O–H groups in total. The van der Waals surface area contributed by atoms with Crippen LogP contribution in [0.3, 0.4) is 0 Å². The van der Waals surface area contributed by atoms with Crippen LogP contribution in [0.15, 0.2) is 48.8 Å². The molecule has 0 atom stereocenters. The van der Waals surface area contributed by atoms with E-state index < -0.39 is 5.54 Å². The van der Waals surface area contributed by atoms with Crippen LogP contribution in [-0.4, -0.2) is 22.3 Å². The third-order valence-corrected chi connectivity index (χ3v) is 4.52. The summed E-state index contributed by atoms with van der Waals surface area (Å²) in [4.78, 5) is 28.6.